The van der Waals surface area contributed by atoms with E-state index in [9.17, 15) is 0 Å². The highest BCUT2D eigenvalue weighted by molar-refractivity contribution is 5.85. The first-order chi connectivity index (χ1) is 8.49. The van der Waals surface area contributed by atoms with E-state index in [0.717, 1.165) is 31.9 Å². The van der Waals surface area contributed by atoms with Crippen molar-refractivity contribution >= 4 is 12.4 Å². The molecule has 1 aliphatic rings. The van der Waals surface area contributed by atoms with Gasteiger partial charge in [-0.25, -0.2) is 4.68 Å². The average Bonchev–Trinajstić information content (AvgIpc) is 2.77. The molecule has 2 rings (SSSR count). The number of nitrogens with two attached hydrogens (primary N) is 1. The van der Waals surface area contributed by atoms with Crippen LogP contribution in [0.4, 0.5) is 0 Å². The van der Waals surface area contributed by atoms with Gasteiger partial charge < -0.3 is 5.73 Å². The van der Waals surface area contributed by atoms with Crippen LogP contribution in [-0.2, 0) is 12.1 Å². The van der Waals surface area contributed by atoms with E-state index in [2.05, 4.69) is 42.2 Å². The predicted octanol–water partition coefficient (Wildman–Crippen LogP) is 1.63. The first-order valence-electron chi connectivity index (χ1n) is 6.83. The maximum absolute atomic E-state index is 5.76. The number of likely N-dealkylation sites (tertiary alicyclic amines) is 1. The van der Waals surface area contributed by atoms with Gasteiger partial charge in [-0.05, 0) is 52.6 Å². The van der Waals surface area contributed by atoms with Crippen LogP contribution in [0.5, 0.6) is 0 Å². The number of halogens is 1. The largest absolute Gasteiger partial charge is 0.330 e. The molecule has 1 aromatic rings. The second kappa shape index (κ2) is 6.68. The molecule has 110 valence electrons. The molecule has 1 saturated heterocycles. The standard InChI is InChI=1S/C13H25N5.ClH/c1-13(2,3)18-10-12(15-16-18)9-17-6-4-5-11(7-14)8-17;/h10-11H,4-9,14H2,1-3H3;1H. The van der Waals surface area contributed by atoms with Crippen molar-refractivity contribution in [2.75, 3.05) is 19.6 Å². The molecular formula is C13H26ClN5. The Morgan fingerprint density at radius 2 is 2.16 bits per heavy atom. The molecule has 0 aliphatic carbocycles. The molecule has 0 radical (unpaired) electrons. The van der Waals surface area contributed by atoms with E-state index in [0.29, 0.717) is 5.92 Å². The second-order valence-corrected chi connectivity index (χ2v) is 6.30. The van der Waals surface area contributed by atoms with Crippen molar-refractivity contribution < 1.29 is 0 Å². The predicted molar refractivity (Wildman–Crippen MR) is 79.3 cm³/mol. The minimum Gasteiger partial charge on any atom is -0.330 e. The first-order valence-corrected chi connectivity index (χ1v) is 6.83. The van der Waals surface area contributed by atoms with E-state index in [4.69, 9.17) is 5.73 Å². The Labute approximate surface area is 121 Å². The van der Waals surface area contributed by atoms with Gasteiger partial charge in [0, 0.05) is 13.1 Å². The lowest BCUT2D eigenvalue weighted by atomic mass is 9.98. The Balaban J connectivity index is 0.00000180. The molecular weight excluding hydrogens is 262 g/mol. The van der Waals surface area contributed by atoms with Gasteiger partial charge in [-0.3, -0.25) is 4.90 Å². The molecule has 0 saturated carbocycles. The fourth-order valence-corrected chi connectivity index (χ4v) is 2.42. The number of hydrogen-bond donors (Lipinski definition) is 1. The minimum atomic E-state index is 0. The molecule has 0 aromatic carbocycles. The van der Waals surface area contributed by atoms with Crippen molar-refractivity contribution in [1.82, 2.24) is 19.9 Å². The van der Waals surface area contributed by atoms with Crippen molar-refractivity contribution in [2.45, 2.75) is 45.7 Å². The van der Waals surface area contributed by atoms with Crippen molar-refractivity contribution in [1.29, 1.82) is 0 Å². The number of aromatic nitrogens is 3. The molecule has 0 amide bonds. The highest BCUT2D eigenvalue weighted by Gasteiger charge is 2.21. The van der Waals surface area contributed by atoms with Gasteiger partial charge in [-0.2, -0.15) is 0 Å². The van der Waals surface area contributed by atoms with E-state index in [1.54, 1.807) is 0 Å². The highest BCUT2D eigenvalue weighted by atomic mass is 35.5. The van der Waals surface area contributed by atoms with Gasteiger partial charge in [0.2, 0.25) is 0 Å². The lowest BCUT2D eigenvalue weighted by molar-refractivity contribution is 0.169. The summed E-state index contributed by atoms with van der Waals surface area (Å²) in [4.78, 5) is 2.44. The van der Waals surface area contributed by atoms with Gasteiger partial charge >= 0.3 is 0 Å². The van der Waals surface area contributed by atoms with Crippen molar-refractivity contribution in [3.8, 4) is 0 Å². The highest BCUT2D eigenvalue weighted by Crippen LogP contribution is 2.18. The molecule has 0 bridgehead atoms. The van der Waals surface area contributed by atoms with Crippen LogP contribution in [0, 0.1) is 5.92 Å². The van der Waals surface area contributed by atoms with E-state index in [1.165, 1.54) is 12.8 Å². The molecule has 19 heavy (non-hydrogen) atoms. The van der Waals surface area contributed by atoms with Crippen LogP contribution in [-0.4, -0.2) is 39.5 Å². The van der Waals surface area contributed by atoms with Gasteiger partial charge in [0.15, 0.2) is 0 Å². The zero-order valence-corrected chi connectivity index (χ0v) is 13.0. The summed E-state index contributed by atoms with van der Waals surface area (Å²) in [6.45, 7) is 10.3. The quantitative estimate of drug-likeness (QED) is 0.918. The number of piperidine rings is 1. The normalized spacial score (nSPS) is 21.2. The topological polar surface area (TPSA) is 60.0 Å². The second-order valence-electron chi connectivity index (χ2n) is 6.30. The molecule has 0 spiro atoms. The minimum absolute atomic E-state index is 0. The van der Waals surface area contributed by atoms with Crippen molar-refractivity contribution in [2.24, 2.45) is 11.7 Å². The molecule has 5 nitrogen and oxygen atoms in total. The average molecular weight is 288 g/mol. The third kappa shape index (κ3) is 4.44. The third-order valence-corrected chi connectivity index (χ3v) is 3.55. The van der Waals surface area contributed by atoms with Crippen molar-refractivity contribution in [3.63, 3.8) is 0 Å². The van der Waals surface area contributed by atoms with Gasteiger partial charge in [0.25, 0.3) is 0 Å². The Morgan fingerprint density at radius 3 is 2.74 bits per heavy atom. The van der Waals surface area contributed by atoms with Gasteiger partial charge in [0.1, 0.15) is 0 Å². The molecule has 2 heterocycles. The fraction of sp³-hybridized carbons (Fsp3) is 0.846. The van der Waals surface area contributed by atoms with Crippen molar-refractivity contribution in [3.05, 3.63) is 11.9 Å². The summed E-state index contributed by atoms with van der Waals surface area (Å²) in [5, 5.41) is 8.48. The van der Waals surface area contributed by atoms with Gasteiger partial charge in [-0.15, -0.1) is 17.5 Å². The summed E-state index contributed by atoms with van der Waals surface area (Å²) in [5.74, 6) is 0.649. The van der Waals surface area contributed by atoms with E-state index in [1.807, 2.05) is 4.68 Å². The van der Waals surface area contributed by atoms with Gasteiger partial charge in [-0.1, -0.05) is 5.21 Å². The first kappa shape index (κ1) is 16.4. The van der Waals surface area contributed by atoms with Crippen LogP contribution < -0.4 is 5.73 Å². The zero-order valence-electron chi connectivity index (χ0n) is 12.2. The molecule has 6 heteroatoms. The molecule has 1 fully saturated rings. The summed E-state index contributed by atoms with van der Waals surface area (Å²) in [5.41, 5.74) is 6.83. The molecule has 1 aromatic heterocycles. The Bertz CT molecular complexity index is 385. The summed E-state index contributed by atoms with van der Waals surface area (Å²) >= 11 is 0. The van der Waals surface area contributed by atoms with Crippen LogP contribution in [0.15, 0.2) is 6.20 Å². The molecule has 2 N–H and O–H groups in total. The Morgan fingerprint density at radius 1 is 1.42 bits per heavy atom. The molecule has 1 aliphatic heterocycles. The summed E-state index contributed by atoms with van der Waals surface area (Å²) in [6.07, 6.45) is 4.57. The third-order valence-electron chi connectivity index (χ3n) is 3.55. The van der Waals surface area contributed by atoms with Crippen LogP contribution in [0.25, 0.3) is 0 Å². The van der Waals surface area contributed by atoms with Crippen LogP contribution in [0.1, 0.15) is 39.3 Å². The van der Waals surface area contributed by atoms with Crippen LogP contribution in [0.3, 0.4) is 0 Å². The number of rotatable bonds is 3. The Hall–Kier alpha value is -0.650. The van der Waals surface area contributed by atoms with E-state index in [-0.39, 0.29) is 17.9 Å². The monoisotopic (exact) mass is 287 g/mol. The Kier molecular flexibility index (Phi) is 5.77. The SMILES string of the molecule is CC(C)(C)n1cc(CN2CCCC(CN)C2)nn1.Cl. The van der Waals surface area contributed by atoms with Crippen LogP contribution >= 0.6 is 12.4 Å². The lowest BCUT2D eigenvalue weighted by Crippen LogP contribution is -2.37. The maximum Gasteiger partial charge on any atom is 0.0967 e. The van der Waals surface area contributed by atoms with Gasteiger partial charge in [0.05, 0.1) is 17.4 Å². The molecule has 1 unspecified atom stereocenters. The summed E-state index contributed by atoms with van der Waals surface area (Å²) in [7, 11) is 0. The smallest absolute Gasteiger partial charge is 0.0967 e. The fourth-order valence-electron chi connectivity index (χ4n) is 2.42. The summed E-state index contributed by atoms with van der Waals surface area (Å²) < 4.78 is 1.94. The summed E-state index contributed by atoms with van der Waals surface area (Å²) in [6, 6.07) is 0. The van der Waals surface area contributed by atoms with Crippen LogP contribution in [0.2, 0.25) is 0 Å². The van der Waals surface area contributed by atoms with E-state index >= 15 is 0 Å². The number of nitrogens with zero attached hydrogens (tertiary/aromatic N) is 4. The maximum atomic E-state index is 5.76. The molecule has 1 atom stereocenters. The van der Waals surface area contributed by atoms with E-state index < -0.39 is 0 Å². The number of hydrogen-bond acceptors (Lipinski definition) is 4. The zero-order chi connectivity index (χ0) is 13.2. The lowest BCUT2D eigenvalue weighted by Gasteiger charge is -2.31.